The number of anilines is 2. The molecule has 0 bridgehead atoms. The van der Waals surface area contributed by atoms with Crippen molar-refractivity contribution in [3.8, 4) is 5.95 Å². The number of rotatable bonds is 4. The van der Waals surface area contributed by atoms with E-state index in [0.29, 0.717) is 11.9 Å². The summed E-state index contributed by atoms with van der Waals surface area (Å²) in [7, 11) is 0. The van der Waals surface area contributed by atoms with Gasteiger partial charge in [0.1, 0.15) is 0 Å². The Morgan fingerprint density at radius 1 is 1.22 bits per heavy atom. The van der Waals surface area contributed by atoms with Gasteiger partial charge in [-0.3, -0.25) is 0 Å². The van der Waals surface area contributed by atoms with Crippen LogP contribution < -0.4 is 10.6 Å². The van der Waals surface area contributed by atoms with Crippen LogP contribution in [0.5, 0.6) is 0 Å². The van der Waals surface area contributed by atoms with Crippen molar-refractivity contribution in [1.82, 2.24) is 24.7 Å². The molecular weight excluding hydrogens is 230 g/mol. The molecule has 7 heteroatoms. The fraction of sp³-hybridized carbons (Fsp3) is 0.455. The van der Waals surface area contributed by atoms with Crippen molar-refractivity contribution in [3.05, 3.63) is 18.0 Å². The highest BCUT2D eigenvalue weighted by Gasteiger charge is 2.11. The van der Waals surface area contributed by atoms with Gasteiger partial charge in [-0.05, 0) is 26.3 Å². The molecule has 0 atom stereocenters. The molecular formula is C11H17N7. The molecule has 2 heterocycles. The summed E-state index contributed by atoms with van der Waals surface area (Å²) >= 11 is 0. The predicted molar refractivity (Wildman–Crippen MR) is 69.7 cm³/mol. The zero-order valence-electron chi connectivity index (χ0n) is 10.8. The molecule has 96 valence electrons. The first-order valence-electron chi connectivity index (χ1n) is 5.92. The van der Waals surface area contributed by atoms with Gasteiger partial charge in [0.2, 0.25) is 11.9 Å². The molecule has 0 aliphatic heterocycles. The summed E-state index contributed by atoms with van der Waals surface area (Å²) in [6, 6.07) is 0. The molecule has 2 N–H and O–H groups in total. The van der Waals surface area contributed by atoms with Gasteiger partial charge in [-0.2, -0.15) is 20.1 Å². The average Bonchev–Trinajstić information content (AvgIpc) is 2.77. The fourth-order valence-electron chi connectivity index (χ4n) is 1.64. The van der Waals surface area contributed by atoms with Gasteiger partial charge in [0.15, 0.2) is 0 Å². The Kier molecular flexibility index (Phi) is 3.40. The van der Waals surface area contributed by atoms with Crippen molar-refractivity contribution in [2.45, 2.75) is 20.8 Å². The summed E-state index contributed by atoms with van der Waals surface area (Å²) < 4.78 is 1.60. The SMILES string of the molecule is CCN(CC)c1nc(N)nc(-n2cc(C)cn2)n1. The monoisotopic (exact) mass is 247 g/mol. The van der Waals surface area contributed by atoms with E-state index in [1.165, 1.54) is 0 Å². The highest BCUT2D eigenvalue weighted by atomic mass is 15.4. The number of aromatic nitrogens is 5. The van der Waals surface area contributed by atoms with E-state index in [1.54, 1.807) is 10.9 Å². The predicted octanol–water partition coefficient (Wildman–Crippen LogP) is 0.794. The van der Waals surface area contributed by atoms with Crippen molar-refractivity contribution in [2.75, 3.05) is 23.7 Å². The van der Waals surface area contributed by atoms with Gasteiger partial charge in [-0.25, -0.2) is 4.68 Å². The molecule has 0 saturated heterocycles. The van der Waals surface area contributed by atoms with E-state index >= 15 is 0 Å². The molecule has 0 unspecified atom stereocenters. The van der Waals surface area contributed by atoms with Crippen LogP contribution in [0.4, 0.5) is 11.9 Å². The summed E-state index contributed by atoms with van der Waals surface area (Å²) in [6.45, 7) is 7.68. The third-order valence-corrected chi connectivity index (χ3v) is 2.59. The van der Waals surface area contributed by atoms with Gasteiger partial charge >= 0.3 is 0 Å². The van der Waals surface area contributed by atoms with Crippen LogP contribution in [-0.4, -0.2) is 37.8 Å². The minimum absolute atomic E-state index is 0.204. The number of hydrogen-bond donors (Lipinski definition) is 1. The Hall–Kier alpha value is -2.18. The molecule has 0 aliphatic rings. The average molecular weight is 247 g/mol. The molecule has 0 saturated carbocycles. The first-order chi connectivity index (χ1) is 8.63. The van der Waals surface area contributed by atoms with Crippen molar-refractivity contribution < 1.29 is 0 Å². The van der Waals surface area contributed by atoms with E-state index in [4.69, 9.17) is 5.73 Å². The lowest BCUT2D eigenvalue weighted by Gasteiger charge is -2.18. The molecule has 0 spiro atoms. The van der Waals surface area contributed by atoms with Crippen molar-refractivity contribution in [3.63, 3.8) is 0 Å². The van der Waals surface area contributed by atoms with Crippen LogP contribution >= 0.6 is 0 Å². The van der Waals surface area contributed by atoms with E-state index in [2.05, 4.69) is 20.1 Å². The zero-order chi connectivity index (χ0) is 13.1. The Balaban J connectivity index is 2.43. The smallest absolute Gasteiger partial charge is 0.257 e. The van der Waals surface area contributed by atoms with Crippen LogP contribution in [0.1, 0.15) is 19.4 Å². The Morgan fingerprint density at radius 3 is 2.50 bits per heavy atom. The van der Waals surface area contributed by atoms with Crippen LogP contribution in [0.25, 0.3) is 5.95 Å². The lowest BCUT2D eigenvalue weighted by molar-refractivity contribution is 0.764. The number of nitrogen functional groups attached to an aromatic ring is 1. The van der Waals surface area contributed by atoms with Crippen molar-refractivity contribution >= 4 is 11.9 Å². The molecule has 0 radical (unpaired) electrons. The summed E-state index contributed by atoms with van der Waals surface area (Å²) in [4.78, 5) is 14.6. The third-order valence-electron chi connectivity index (χ3n) is 2.59. The number of hydrogen-bond acceptors (Lipinski definition) is 6. The maximum absolute atomic E-state index is 5.72. The summed E-state index contributed by atoms with van der Waals surface area (Å²) in [5, 5.41) is 4.17. The maximum atomic E-state index is 5.72. The molecule has 18 heavy (non-hydrogen) atoms. The highest BCUT2D eigenvalue weighted by Crippen LogP contribution is 2.11. The standard InChI is InChI=1S/C11H17N7/c1-4-17(5-2)10-14-9(12)15-11(16-10)18-7-8(3)6-13-18/h6-7H,4-5H2,1-3H3,(H2,12,14,15,16). The Morgan fingerprint density at radius 2 is 1.94 bits per heavy atom. The Labute approximate surface area is 106 Å². The van der Waals surface area contributed by atoms with Crippen LogP contribution in [0, 0.1) is 6.92 Å². The first-order valence-corrected chi connectivity index (χ1v) is 5.92. The molecule has 0 fully saturated rings. The molecule has 0 aromatic carbocycles. The van der Waals surface area contributed by atoms with Crippen molar-refractivity contribution in [2.24, 2.45) is 0 Å². The number of nitrogens with zero attached hydrogens (tertiary/aromatic N) is 6. The quantitative estimate of drug-likeness (QED) is 0.859. The molecule has 2 aromatic heterocycles. The minimum Gasteiger partial charge on any atom is -0.368 e. The first kappa shape index (κ1) is 12.3. The molecule has 0 amide bonds. The fourth-order valence-corrected chi connectivity index (χ4v) is 1.64. The van der Waals surface area contributed by atoms with Gasteiger partial charge in [-0.1, -0.05) is 0 Å². The van der Waals surface area contributed by atoms with Gasteiger partial charge in [0, 0.05) is 19.3 Å². The van der Waals surface area contributed by atoms with E-state index < -0.39 is 0 Å². The van der Waals surface area contributed by atoms with Crippen LogP contribution in [-0.2, 0) is 0 Å². The molecule has 2 aromatic rings. The second-order valence-electron chi connectivity index (χ2n) is 3.93. The minimum atomic E-state index is 0.204. The zero-order valence-corrected chi connectivity index (χ0v) is 10.8. The second-order valence-corrected chi connectivity index (χ2v) is 3.93. The van der Waals surface area contributed by atoms with E-state index in [0.717, 1.165) is 18.7 Å². The lowest BCUT2D eigenvalue weighted by Crippen LogP contribution is -2.25. The third kappa shape index (κ3) is 2.39. The Bertz CT molecular complexity index is 530. The van der Waals surface area contributed by atoms with Gasteiger partial charge < -0.3 is 10.6 Å². The lowest BCUT2D eigenvalue weighted by atomic mass is 10.4. The molecule has 0 aliphatic carbocycles. The molecule has 2 rings (SSSR count). The van der Waals surface area contributed by atoms with Gasteiger partial charge in [0.05, 0.1) is 6.20 Å². The van der Waals surface area contributed by atoms with Crippen LogP contribution in [0.3, 0.4) is 0 Å². The van der Waals surface area contributed by atoms with Gasteiger partial charge in [0.25, 0.3) is 5.95 Å². The topological polar surface area (TPSA) is 85.8 Å². The van der Waals surface area contributed by atoms with Gasteiger partial charge in [-0.15, -0.1) is 0 Å². The maximum Gasteiger partial charge on any atom is 0.257 e. The number of aryl methyl sites for hydroxylation is 1. The van der Waals surface area contributed by atoms with Crippen LogP contribution in [0.15, 0.2) is 12.4 Å². The normalized spacial score (nSPS) is 10.6. The van der Waals surface area contributed by atoms with E-state index in [1.807, 2.05) is 31.9 Å². The van der Waals surface area contributed by atoms with Crippen molar-refractivity contribution in [1.29, 1.82) is 0 Å². The van der Waals surface area contributed by atoms with E-state index in [9.17, 15) is 0 Å². The van der Waals surface area contributed by atoms with E-state index in [-0.39, 0.29) is 5.95 Å². The molecule has 7 nitrogen and oxygen atoms in total. The number of nitrogens with two attached hydrogens (primary N) is 1. The summed E-state index contributed by atoms with van der Waals surface area (Å²) in [6.07, 6.45) is 3.60. The highest BCUT2D eigenvalue weighted by molar-refractivity contribution is 5.37. The van der Waals surface area contributed by atoms with Crippen LogP contribution in [0.2, 0.25) is 0 Å². The largest absolute Gasteiger partial charge is 0.368 e. The second kappa shape index (κ2) is 4.99. The summed E-state index contributed by atoms with van der Waals surface area (Å²) in [5.41, 5.74) is 6.76. The summed E-state index contributed by atoms with van der Waals surface area (Å²) in [5.74, 6) is 1.23.